The second-order valence-corrected chi connectivity index (χ2v) is 5.61. The molecule has 0 atom stereocenters. The van der Waals surface area contributed by atoms with Crippen molar-refractivity contribution in [3.8, 4) is 0 Å². The molecule has 1 aromatic heterocycles. The van der Waals surface area contributed by atoms with Crippen molar-refractivity contribution in [1.82, 2.24) is 9.88 Å². The Morgan fingerprint density at radius 3 is 2.74 bits per heavy atom. The van der Waals surface area contributed by atoms with E-state index >= 15 is 0 Å². The summed E-state index contributed by atoms with van der Waals surface area (Å²) in [6, 6.07) is 6.06. The van der Waals surface area contributed by atoms with Crippen LogP contribution in [0.4, 0.5) is 0 Å². The first kappa shape index (κ1) is 11.3. The van der Waals surface area contributed by atoms with Crippen molar-refractivity contribution in [2.45, 2.75) is 5.41 Å². The maximum Gasteiger partial charge on any atom is 0.419 e. The summed E-state index contributed by atoms with van der Waals surface area (Å²) in [6.07, 6.45) is 0. The molecule has 2 saturated heterocycles. The summed E-state index contributed by atoms with van der Waals surface area (Å²) < 4.78 is 12.2. The number of aryl methyl sites for hydroxylation is 1. The summed E-state index contributed by atoms with van der Waals surface area (Å²) >= 11 is 0. The van der Waals surface area contributed by atoms with Gasteiger partial charge in [0.2, 0.25) is 0 Å². The van der Waals surface area contributed by atoms with E-state index in [2.05, 4.69) is 17.4 Å². The third-order valence-electron chi connectivity index (χ3n) is 4.65. The minimum atomic E-state index is -0.309. The van der Waals surface area contributed by atoms with Crippen molar-refractivity contribution >= 4 is 11.1 Å². The van der Waals surface area contributed by atoms with Gasteiger partial charge in [-0.2, -0.15) is 0 Å². The van der Waals surface area contributed by atoms with E-state index in [1.807, 2.05) is 6.07 Å². The van der Waals surface area contributed by atoms with Crippen LogP contribution in [0.5, 0.6) is 0 Å². The van der Waals surface area contributed by atoms with Crippen LogP contribution < -0.4 is 11.1 Å². The Morgan fingerprint density at radius 2 is 2.16 bits per heavy atom. The van der Waals surface area contributed by atoms with Crippen LogP contribution in [0.15, 0.2) is 27.4 Å². The van der Waals surface area contributed by atoms with Crippen LogP contribution in [0.2, 0.25) is 0 Å². The summed E-state index contributed by atoms with van der Waals surface area (Å²) in [5, 5.41) is 3.33. The van der Waals surface area contributed by atoms with Crippen molar-refractivity contribution in [3.05, 3.63) is 34.3 Å². The number of hydrogen-bond acceptors (Lipinski definition) is 4. The van der Waals surface area contributed by atoms with Gasteiger partial charge in [-0.05, 0) is 23.6 Å². The maximum absolute atomic E-state index is 11.5. The fourth-order valence-electron chi connectivity index (χ4n) is 3.08. The molecule has 2 aromatic rings. The number of oxazole rings is 1. The van der Waals surface area contributed by atoms with E-state index in [0.717, 1.165) is 31.8 Å². The lowest BCUT2D eigenvalue weighted by Crippen LogP contribution is -2.62. The second-order valence-electron chi connectivity index (χ2n) is 5.61. The van der Waals surface area contributed by atoms with Crippen LogP contribution in [-0.2, 0) is 17.2 Å². The number of aromatic nitrogens is 1. The van der Waals surface area contributed by atoms with Gasteiger partial charge in [-0.15, -0.1) is 0 Å². The average molecular weight is 260 g/mol. The van der Waals surface area contributed by atoms with Gasteiger partial charge in [0.1, 0.15) is 0 Å². The molecule has 100 valence electrons. The Hall–Kier alpha value is -1.59. The molecule has 0 amide bonds. The van der Waals surface area contributed by atoms with Crippen molar-refractivity contribution in [1.29, 1.82) is 0 Å². The highest BCUT2D eigenvalue weighted by Gasteiger charge is 2.49. The normalized spacial score (nSPS) is 22.2. The summed E-state index contributed by atoms with van der Waals surface area (Å²) in [5.74, 6) is 0.319. The lowest BCUT2D eigenvalue weighted by atomic mass is 9.66. The molecule has 4 rings (SSSR count). The number of nitrogens with zero attached hydrogens (tertiary/aromatic N) is 1. The molecule has 0 saturated carbocycles. The molecule has 5 heteroatoms. The lowest BCUT2D eigenvalue weighted by Gasteiger charge is -2.51. The number of benzene rings is 1. The van der Waals surface area contributed by atoms with Gasteiger partial charge in [-0.3, -0.25) is 4.57 Å². The van der Waals surface area contributed by atoms with Crippen LogP contribution in [0.25, 0.3) is 11.1 Å². The minimum absolute atomic E-state index is 0.118. The predicted molar refractivity (Wildman–Crippen MR) is 70.3 cm³/mol. The van der Waals surface area contributed by atoms with E-state index in [4.69, 9.17) is 9.15 Å². The number of hydrogen-bond donors (Lipinski definition) is 1. The average Bonchev–Trinajstić information content (AvgIpc) is 2.57. The molecule has 1 N–H and O–H groups in total. The minimum Gasteiger partial charge on any atom is -0.408 e. The van der Waals surface area contributed by atoms with Gasteiger partial charge in [0.05, 0.1) is 18.7 Å². The molecule has 0 aliphatic carbocycles. The molecular weight excluding hydrogens is 244 g/mol. The zero-order valence-electron chi connectivity index (χ0n) is 10.8. The van der Waals surface area contributed by atoms with Crippen molar-refractivity contribution in [2.75, 3.05) is 26.3 Å². The van der Waals surface area contributed by atoms with Gasteiger partial charge in [0, 0.05) is 25.6 Å². The number of ether oxygens (including phenoxy) is 1. The van der Waals surface area contributed by atoms with E-state index in [9.17, 15) is 4.79 Å². The molecule has 19 heavy (non-hydrogen) atoms. The first-order valence-electron chi connectivity index (χ1n) is 6.59. The number of fused-ring (bicyclic) bond motifs is 1. The largest absolute Gasteiger partial charge is 0.419 e. The van der Waals surface area contributed by atoms with E-state index in [-0.39, 0.29) is 11.2 Å². The quantitative estimate of drug-likeness (QED) is 0.860. The summed E-state index contributed by atoms with van der Waals surface area (Å²) in [4.78, 5) is 11.5. The van der Waals surface area contributed by atoms with Crippen molar-refractivity contribution in [2.24, 2.45) is 13.0 Å². The highest BCUT2D eigenvalue weighted by atomic mass is 16.5. The van der Waals surface area contributed by atoms with Crippen LogP contribution in [0, 0.1) is 5.92 Å². The summed E-state index contributed by atoms with van der Waals surface area (Å²) in [6.45, 7) is 3.64. The molecule has 0 radical (unpaired) electrons. The van der Waals surface area contributed by atoms with Crippen LogP contribution in [0.1, 0.15) is 5.56 Å². The van der Waals surface area contributed by atoms with Crippen LogP contribution in [0.3, 0.4) is 0 Å². The predicted octanol–water partition coefficient (Wildman–Crippen LogP) is 0.619. The fourth-order valence-corrected chi connectivity index (χ4v) is 3.08. The van der Waals surface area contributed by atoms with Gasteiger partial charge in [-0.25, -0.2) is 4.79 Å². The highest BCUT2D eigenvalue weighted by molar-refractivity contribution is 5.74. The molecule has 0 spiro atoms. The second kappa shape index (κ2) is 3.71. The third-order valence-corrected chi connectivity index (χ3v) is 4.65. The maximum atomic E-state index is 11.5. The summed E-state index contributed by atoms with van der Waals surface area (Å²) in [5.41, 5.74) is 2.89. The Balaban J connectivity index is 1.86. The molecule has 2 aliphatic rings. The zero-order chi connectivity index (χ0) is 13.0. The van der Waals surface area contributed by atoms with Crippen molar-refractivity contribution in [3.63, 3.8) is 0 Å². The van der Waals surface area contributed by atoms with Gasteiger partial charge in [0.15, 0.2) is 5.58 Å². The standard InChI is InChI=1S/C14H16N2O3/c1-16-11-4-9(2-3-12(11)19-13(16)17)14(7-18-8-14)10-5-15-6-10/h2-4,10,15H,5-8H2,1H3. The molecule has 1 aromatic carbocycles. The lowest BCUT2D eigenvalue weighted by molar-refractivity contribution is -0.101. The topological polar surface area (TPSA) is 56.4 Å². The fraction of sp³-hybridized carbons (Fsp3) is 0.500. The first-order valence-corrected chi connectivity index (χ1v) is 6.59. The Bertz CT molecular complexity index is 692. The molecular formula is C14H16N2O3. The van der Waals surface area contributed by atoms with Gasteiger partial charge >= 0.3 is 5.76 Å². The van der Waals surface area contributed by atoms with E-state index < -0.39 is 0 Å². The molecule has 2 fully saturated rings. The van der Waals surface area contributed by atoms with Gasteiger partial charge < -0.3 is 14.5 Å². The van der Waals surface area contributed by atoms with E-state index in [1.165, 1.54) is 5.56 Å². The van der Waals surface area contributed by atoms with E-state index in [1.54, 1.807) is 11.6 Å². The SMILES string of the molecule is Cn1c(=O)oc2ccc(C3(C4CNC4)COC3)cc21. The van der Waals surface area contributed by atoms with E-state index in [0.29, 0.717) is 11.5 Å². The van der Waals surface area contributed by atoms with Crippen molar-refractivity contribution < 1.29 is 9.15 Å². The molecule has 3 heterocycles. The van der Waals surface area contributed by atoms with Gasteiger partial charge in [-0.1, -0.05) is 6.07 Å². The molecule has 2 aliphatic heterocycles. The smallest absolute Gasteiger partial charge is 0.408 e. The van der Waals surface area contributed by atoms with Crippen LogP contribution >= 0.6 is 0 Å². The monoisotopic (exact) mass is 260 g/mol. The Kier molecular flexibility index (Phi) is 2.20. The third kappa shape index (κ3) is 1.40. The number of nitrogens with one attached hydrogen (secondary N) is 1. The van der Waals surface area contributed by atoms with Crippen LogP contribution in [-0.4, -0.2) is 30.9 Å². The zero-order valence-corrected chi connectivity index (χ0v) is 10.8. The number of rotatable bonds is 2. The molecule has 0 unspecified atom stereocenters. The van der Waals surface area contributed by atoms with Gasteiger partial charge in [0.25, 0.3) is 0 Å². The highest BCUT2D eigenvalue weighted by Crippen LogP contribution is 2.42. The first-order chi connectivity index (χ1) is 9.21. The molecule has 5 nitrogen and oxygen atoms in total. The summed E-state index contributed by atoms with van der Waals surface area (Å²) in [7, 11) is 1.74. The Labute approximate surface area is 110 Å². The Morgan fingerprint density at radius 1 is 1.37 bits per heavy atom. The molecule has 0 bridgehead atoms.